The summed E-state index contributed by atoms with van der Waals surface area (Å²) in [6.07, 6.45) is 3.43. The van der Waals surface area contributed by atoms with Crippen molar-refractivity contribution in [3.63, 3.8) is 0 Å². The van der Waals surface area contributed by atoms with Crippen LogP contribution >= 0.6 is 0 Å². The Morgan fingerprint density at radius 2 is 2.11 bits per heavy atom. The van der Waals surface area contributed by atoms with Crippen LogP contribution in [0.5, 0.6) is 0 Å². The lowest BCUT2D eigenvalue weighted by molar-refractivity contribution is -0.118. The molecule has 1 aromatic carbocycles. The smallest absolute Gasteiger partial charge is 0.217 e. The van der Waals surface area contributed by atoms with Gasteiger partial charge in [0, 0.05) is 12.5 Å². The lowest BCUT2D eigenvalue weighted by Gasteiger charge is -2.37. The molecule has 0 aromatic heterocycles. The van der Waals surface area contributed by atoms with Crippen molar-refractivity contribution in [3.8, 4) is 0 Å². The van der Waals surface area contributed by atoms with E-state index in [9.17, 15) is 9.18 Å². The van der Waals surface area contributed by atoms with E-state index in [0.717, 1.165) is 31.4 Å². The van der Waals surface area contributed by atoms with Gasteiger partial charge in [-0.25, -0.2) is 4.39 Å². The first-order chi connectivity index (χ1) is 9.06. The van der Waals surface area contributed by atoms with E-state index >= 15 is 0 Å². The van der Waals surface area contributed by atoms with Crippen molar-refractivity contribution < 1.29 is 9.18 Å². The van der Waals surface area contributed by atoms with Crippen LogP contribution in [0.3, 0.4) is 0 Å². The topological polar surface area (TPSA) is 46.3 Å². The standard InChI is InChI=1S/C15H21FN2O/c1-18-9-8-11(2-7-15(17)19)10-14(18)12-3-5-13(16)6-4-12/h3-6,11,14H,2,7-10H2,1H3,(H2,17,19). The fourth-order valence-corrected chi connectivity index (χ4v) is 2.84. The first kappa shape index (κ1) is 14.0. The zero-order valence-corrected chi connectivity index (χ0v) is 11.3. The molecule has 1 saturated heterocycles. The third-order valence-electron chi connectivity index (χ3n) is 4.03. The lowest BCUT2D eigenvalue weighted by Crippen LogP contribution is -2.34. The largest absolute Gasteiger partial charge is 0.370 e. The highest BCUT2D eigenvalue weighted by atomic mass is 19.1. The minimum absolute atomic E-state index is 0.201. The van der Waals surface area contributed by atoms with Crippen LogP contribution in [-0.2, 0) is 4.79 Å². The highest BCUT2D eigenvalue weighted by Crippen LogP contribution is 2.35. The number of likely N-dealkylation sites (tertiary alicyclic amines) is 1. The number of hydrogen-bond acceptors (Lipinski definition) is 2. The molecule has 0 spiro atoms. The molecule has 2 rings (SSSR count). The van der Waals surface area contributed by atoms with Crippen LogP contribution in [0.1, 0.15) is 37.3 Å². The zero-order valence-electron chi connectivity index (χ0n) is 11.3. The monoisotopic (exact) mass is 264 g/mol. The van der Waals surface area contributed by atoms with E-state index in [4.69, 9.17) is 5.73 Å². The van der Waals surface area contributed by atoms with Crippen LogP contribution < -0.4 is 5.73 Å². The number of halogens is 1. The Labute approximate surface area is 113 Å². The van der Waals surface area contributed by atoms with Crippen LogP contribution in [0.4, 0.5) is 4.39 Å². The number of nitrogens with two attached hydrogens (primary N) is 1. The minimum atomic E-state index is -0.225. The van der Waals surface area contributed by atoms with Gasteiger partial charge < -0.3 is 5.73 Å². The van der Waals surface area contributed by atoms with Gasteiger partial charge in [0.25, 0.3) is 0 Å². The average molecular weight is 264 g/mol. The maximum atomic E-state index is 13.0. The Morgan fingerprint density at radius 3 is 2.74 bits per heavy atom. The van der Waals surface area contributed by atoms with Crippen molar-refractivity contribution >= 4 is 5.91 Å². The van der Waals surface area contributed by atoms with Crippen LogP contribution in [0.2, 0.25) is 0 Å². The first-order valence-corrected chi connectivity index (χ1v) is 6.80. The summed E-state index contributed by atoms with van der Waals surface area (Å²) in [4.78, 5) is 13.2. The van der Waals surface area contributed by atoms with Crippen molar-refractivity contribution in [3.05, 3.63) is 35.6 Å². The second-order valence-corrected chi connectivity index (χ2v) is 5.44. The number of nitrogens with zero attached hydrogens (tertiary/aromatic N) is 1. The number of benzene rings is 1. The molecule has 1 aliphatic heterocycles. The fourth-order valence-electron chi connectivity index (χ4n) is 2.84. The van der Waals surface area contributed by atoms with Crippen LogP contribution in [-0.4, -0.2) is 24.4 Å². The molecule has 1 amide bonds. The normalized spacial score (nSPS) is 24.3. The maximum absolute atomic E-state index is 13.0. The fraction of sp³-hybridized carbons (Fsp3) is 0.533. The van der Waals surface area contributed by atoms with Gasteiger partial charge in [-0.2, -0.15) is 0 Å². The van der Waals surface area contributed by atoms with Crippen LogP contribution in [0.15, 0.2) is 24.3 Å². The molecule has 2 N–H and O–H groups in total. The van der Waals surface area contributed by atoms with Gasteiger partial charge in [-0.15, -0.1) is 0 Å². The van der Waals surface area contributed by atoms with Crippen molar-refractivity contribution in [1.29, 1.82) is 0 Å². The van der Waals surface area contributed by atoms with Gasteiger partial charge in [0.15, 0.2) is 0 Å². The molecular formula is C15H21FN2O. The molecule has 19 heavy (non-hydrogen) atoms. The van der Waals surface area contributed by atoms with Gasteiger partial charge in [0.1, 0.15) is 5.82 Å². The van der Waals surface area contributed by atoms with E-state index in [-0.39, 0.29) is 11.7 Å². The van der Waals surface area contributed by atoms with Crippen molar-refractivity contribution in [1.82, 2.24) is 4.90 Å². The number of hydrogen-bond donors (Lipinski definition) is 1. The summed E-state index contributed by atoms with van der Waals surface area (Å²) in [6, 6.07) is 7.04. The third kappa shape index (κ3) is 3.77. The summed E-state index contributed by atoms with van der Waals surface area (Å²) in [7, 11) is 2.10. The second kappa shape index (κ2) is 6.15. The van der Waals surface area contributed by atoms with Gasteiger partial charge in [-0.3, -0.25) is 9.69 Å². The molecule has 0 radical (unpaired) electrons. The third-order valence-corrected chi connectivity index (χ3v) is 4.03. The molecule has 1 fully saturated rings. The molecule has 2 atom stereocenters. The summed E-state index contributed by atoms with van der Waals surface area (Å²) < 4.78 is 13.0. The maximum Gasteiger partial charge on any atom is 0.217 e. The summed E-state index contributed by atoms with van der Waals surface area (Å²) in [5.41, 5.74) is 6.35. The Bertz CT molecular complexity index is 432. The van der Waals surface area contributed by atoms with E-state index in [2.05, 4.69) is 11.9 Å². The quantitative estimate of drug-likeness (QED) is 0.908. The van der Waals surface area contributed by atoms with Gasteiger partial charge >= 0.3 is 0 Å². The summed E-state index contributed by atoms with van der Waals surface area (Å²) >= 11 is 0. The van der Waals surface area contributed by atoms with E-state index in [1.807, 2.05) is 12.1 Å². The lowest BCUT2D eigenvalue weighted by atomic mass is 9.85. The Hall–Kier alpha value is -1.42. The molecule has 2 unspecified atom stereocenters. The van der Waals surface area contributed by atoms with Gasteiger partial charge in [0.2, 0.25) is 5.91 Å². The predicted octanol–water partition coefficient (Wildman–Crippen LogP) is 2.47. The molecule has 104 valence electrons. The number of rotatable bonds is 4. The number of piperidine rings is 1. The summed E-state index contributed by atoms with van der Waals surface area (Å²) in [5, 5.41) is 0. The summed E-state index contributed by atoms with van der Waals surface area (Å²) in [6.45, 7) is 1.01. The molecule has 1 aliphatic rings. The zero-order chi connectivity index (χ0) is 13.8. The number of amides is 1. The predicted molar refractivity (Wildman–Crippen MR) is 72.9 cm³/mol. The molecule has 1 aromatic rings. The van der Waals surface area contributed by atoms with Crippen molar-refractivity contribution in [2.45, 2.75) is 31.7 Å². The summed E-state index contributed by atoms with van der Waals surface area (Å²) in [5.74, 6) is 0.100. The van der Waals surface area contributed by atoms with Gasteiger partial charge in [-0.1, -0.05) is 12.1 Å². The number of primary amides is 1. The van der Waals surface area contributed by atoms with Crippen molar-refractivity contribution in [2.75, 3.05) is 13.6 Å². The van der Waals surface area contributed by atoms with E-state index < -0.39 is 0 Å². The average Bonchev–Trinajstić information content (AvgIpc) is 2.39. The second-order valence-electron chi connectivity index (χ2n) is 5.44. The molecule has 1 heterocycles. The SMILES string of the molecule is CN1CCC(CCC(N)=O)CC1c1ccc(F)cc1. The van der Waals surface area contributed by atoms with Crippen LogP contribution in [0, 0.1) is 11.7 Å². The molecule has 0 aliphatic carbocycles. The highest BCUT2D eigenvalue weighted by molar-refractivity contribution is 5.73. The molecular weight excluding hydrogens is 243 g/mol. The van der Waals surface area contributed by atoms with E-state index in [0.29, 0.717) is 18.4 Å². The Kier molecular flexibility index (Phi) is 4.53. The van der Waals surface area contributed by atoms with Crippen LogP contribution in [0.25, 0.3) is 0 Å². The Balaban J connectivity index is 2.01. The molecule has 0 saturated carbocycles. The minimum Gasteiger partial charge on any atom is -0.370 e. The highest BCUT2D eigenvalue weighted by Gasteiger charge is 2.27. The van der Waals surface area contributed by atoms with E-state index in [1.165, 1.54) is 12.1 Å². The first-order valence-electron chi connectivity index (χ1n) is 6.80. The van der Waals surface area contributed by atoms with Gasteiger partial charge in [-0.05, 0) is 56.5 Å². The Morgan fingerprint density at radius 1 is 1.42 bits per heavy atom. The van der Waals surface area contributed by atoms with E-state index in [1.54, 1.807) is 0 Å². The molecule has 4 heteroatoms. The number of carbonyl (C=O) groups is 1. The van der Waals surface area contributed by atoms with Gasteiger partial charge in [0.05, 0.1) is 0 Å². The number of carbonyl (C=O) groups excluding carboxylic acids is 1. The molecule has 0 bridgehead atoms. The van der Waals surface area contributed by atoms with Crippen molar-refractivity contribution in [2.24, 2.45) is 11.7 Å². The molecule has 3 nitrogen and oxygen atoms in total.